The summed E-state index contributed by atoms with van der Waals surface area (Å²) in [4.78, 5) is 14.5. The summed E-state index contributed by atoms with van der Waals surface area (Å²) < 4.78 is 1.82. The summed E-state index contributed by atoms with van der Waals surface area (Å²) in [7, 11) is 1.88. The lowest BCUT2D eigenvalue weighted by Gasteiger charge is -2.17. The maximum atomic E-state index is 12.0. The van der Waals surface area contributed by atoms with Crippen LogP contribution in [0.1, 0.15) is 17.5 Å². The Bertz CT molecular complexity index is 717. The number of hydrogen-bond donors (Lipinski definition) is 1. The number of aryl methyl sites for hydroxylation is 2. The average Bonchev–Trinajstić information content (AvgIpc) is 3.22. The maximum Gasteiger partial charge on any atom is 0.230 e. The highest BCUT2D eigenvalue weighted by Crippen LogP contribution is 2.20. The van der Waals surface area contributed by atoms with Crippen molar-refractivity contribution >= 4 is 17.7 Å². The van der Waals surface area contributed by atoms with Crippen LogP contribution in [-0.2, 0) is 18.4 Å². The Morgan fingerprint density at radius 2 is 2.24 bits per heavy atom. The van der Waals surface area contributed by atoms with Crippen molar-refractivity contribution < 1.29 is 4.79 Å². The molecule has 25 heavy (non-hydrogen) atoms. The van der Waals surface area contributed by atoms with Crippen LogP contribution in [0.25, 0.3) is 0 Å². The van der Waals surface area contributed by atoms with E-state index in [1.54, 1.807) is 6.33 Å². The van der Waals surface area contributed by atoms with Gasteiger partial charge in [0.2, 0.25) is 5.91 Å². The minimum atomic E-state index is 0.0605. The van der Waals surface area contributed by atoms with Gasteiger partial charge in [-0.2, -0.15) is 0 Å². The summed E-state index contributed by atoms with van der Waals surface area (Å²) >= 11 is 1.42. The Morgan fingerprint density at radius 1 is 1.40 bits per heavy atom. The van der Waals surface area contributed by atoms with Gasteiger partial charge in [0, 0.05) is 26.7 Å². The first-order valence-electron chi connectivity index (χ1n) is 8.62. The van der Waals surface area contributed by atoms with Crippen LogP contribution in [0.15, 0.2) is 35.7 Å². The summed E-state index contributed by atoms with van der Waals surface area (Å²) in [6, 6.07) is 8.55. The second kappa shape index (κ2) is 8.49. The summed E-state index contributed by atoms with van der Waals surface area (Å²) in [6.45, 7) is 6.06. The third-order valence-electron chi connectivity index (χ3n) is 4.62. The van der Waals surface area contributed by atoms with Crippen LogP contribution >= 0.6 is 11.8 Å². The number of rotatable bonds is 7. The van der Waals surface area contributed by atoms with Crippen molar-refractivity contribution in [2.75, 3.05) is 25.4 Å². The molecule has 0 radical (unpaired) electrons. The van der Waals surface area contributed by atoms with Crippen molar-refractivity contribution in [2.45, 2.75) is 25.0 Å². The summed E-state index contributed by atoms with van der Waals surface area (Å²) in [5, 5.41) is 11.6. The molecule has 2 aromatic rings. The summed E-state index contributed by atoms with van der Waals surface area (Å²) in [5.41, 5.74) is 2.74. The molecule has 1 amide bonds. The molecule has 1 N–H and O–H groups in total. The van der Waals surface area contributed by atoms with E-state index in [0.717, 1.165) is 37.8 Å². The number of nitrogens with zero attached hydrogens (tertiary/aromatic N) is 4. The molecule has 1 fully saturated rings. The Balaban J connectivity index is 1.37. The van der Waals surface area contributed by atoms with E-state index in [2.05, 4.69) is 51.6 Å². The smallest absolute Gasteiger partial charge is 0.230 e. The van der Waals surface area contributed by atoms with Gasteiger partial charge in [-0.3, -0.25) is 9.69 Å². The monoisotopic (exact) mass is 359 g/mol. The fourth-order valence-electron chi connectivity index (χ4n) is 3.09. The van der Waals surface area contributed by atoms with Crippen molar-refractivity contribution in [3.05, 3.63) is 41.7 Å². The van der Waals surface area contributed by atoms with E-state index in [9.17, 15) is 4.79 Å². The largest absolute Gasteiger partial charge is 0.355 e. The zero-order chi connectivity index (χ0) is 17.6. The fraction of sp³-hybridized carbons (Fsp3) is 0.500. The van der Waals surface area contributed by atoms with Gasteiger partial charge in [0.05, 0.1) is 5.75 Å². The van der Waals surface area contributed by atoms with E-state index in [1.165, 1.54) is 22.9 Å². The van der Waals surface area contributed by atoms with E-state index in [0.29, 0.717) is 11.7 Å². The second-order valence-electron chi connectivity index (χ2n) is 6.63. The standard InChI is InChI=1S/C18H25N5OS/c1-14-5-3-4-6-16(14)11-23-8-7-15(10-23)9-19-17(24)12-25-18-21-20-13-22(18)2/h3-6,13,15H,7-12H2,1-2H3,(H,19,24)/t15-/m0/s1. The number of amides is 1. The van der Waals surface area contributed by atoms with Crippen LogP contribution in [0.3, 0.4) is 0 Å². The van der Waals surface area contributed by atoms with E-state index < -0.39 is 0 Å². The third-order valence-corrected chi connectivity index (χ3v) is 5.65. The summed E-state index contributed by atoms with van der Waals surface area (Å²) in [6.07, 6.45) is 2.78. The molecular formula is C18H25N5OS. The Hall–Kier alpha value is -1.86. The van der Waals surface area contributed by atoms with Gasteiger partial charge in [0.25, 0.3) is 0 Å². The molecule has 0 unspecified atom stereocenters. The molecule has 134 valence electrons. The van der Waals surface area contributed by atoms with Crippen molar-refractivity contribution in [3.8, 4) is 0 Å². The van der Waals surface area contributed by atoms with Crippen molar-refractivity contribution in [3.63, 3.8) is 0 Å². The van der Waals surface area contributed by atoms with Gasteiger partial charge in [0.1, 0.15) is 6.33 Å². The fourth-order valence-corrected chi connectivity index (χ4v) is 3.81. The first-order valence-corrected chi connectivity index (χ1v) is 9.60. The van der Waals surface area contributed by atoms with Crippen molar-refractivity contribution in [1.29, 1.82) is 0 Å². The molecule has 3 rings (SSSR count). The Kier molecular flexibility index (Phi) is 6.09. The van der Waals surface area contributed by atoms with Crippen molar-refractivity contribution in [1.82, 2.24) is 25.0 Å². The van der Waals surface area contributed by atoms with Crippen LogP contribution < -0.4 is 5.32 Å². The number of aromatic nitrogens is 3. The van der Waals surface area contributed by atoms with Gasteiger partial charge < -0.3 is 9.88 Å². The zero-order valence-electron chi connectivity index (χ0n) is 14.8. The molecular weight excluding hydrogens is 334 g/mol. The molecule has 7 heteroatoms. The molecule has 1 aromatic heterocycles. The lowest BCUT2D eigenvalue weighted by molar-refractivity contribution is -0.118. The number of carbonyl (C=O) groups is 1. The highest BCUT2D eigenvalue weighted by atomic mass is 32.2. The van der Waals surface area contributed by atoms with Crippen LogP contribution in [0.5, 0.6) is 0 Å². The number of hydrogen-bond acceptors (Lipinski definition) is 5. The van der Waals surface area contributed by atoms with Crippen LogP contribution in [0.4, 0.5) is 0 Å². The highest BCUT2D eigenvalue weighted by Gasteiger charge is 2.23. The minimum Gasteiger partial charge on any atom is -0.355 e. The first kappa shape index (κ1) is 17.9. The Labute approximate surface area is 153 Å². The number of thioether (sulfide) groups is 1. The number of nitrogens with one attached hydrogen (secondary N) is 1. The average molecular weight is 359 g/mol. The third kappa shape index (κ3) is 5.06. The van der Waals surface area contributed by atoms with E-state index in [1.807, 2.05) is 11.6 Å². The molecule has 1 atom stereocenters. The van der Waals surface area contributed by atoms with Gasteiger partial charge >= 0.3 is 0 Å². The highest BCUT2D eigenvalue weighted by molar-refractivity contribution is 7.99. The Morgan fingerprint density at radius 3 is 3.00 bits per heavy atom. The predicted octanol–water partition coefficient (Wildman–Crippen LogP) is 1.85. The molecule has 0 aliphatic carbocycles. The first-order chi connectivity index (χ1) is 12.1. The van der Waals surface area contributed by atoms with Crippen LogP contribution in [0, 0.1) is 12.8 Å². The van der Waals surface area contributed by atoms with E-state index in [-0.39, 0.29) is 5.91 Å². The molecule has 1 aliphatic heterocycles. The molecule has 0 bridgehead atoms. The molecule has 1 aromatic carbocycles. The van der Waals surface area contributed by atoms with E-state index in [4.69, 9.17) is 0 Å². The quantitative estimate of drug-likeness (QED) is 0.765. The van der Waals surface area contributed by atoms with Crippen LogP contribution in [0.2, 0.25) is 0 Å². The van der Waals surface area contributed by atoms with Crippen LogP contribution in [-0.4, -0.2) is 51.0 Å². The number of likely N-dealkylation sites (tertiary alicyclic amines) is 1. The predicted molar refractivity (Wildman–Crippen MR) is 99.3 cm³/mol. The minimum absolute atomic E-state index is 0.0605. The molecule has 6 nitrogen and oxygen atoms in total. The van der Waals surface area contributed by atoms with Gasteiger partial charge in [-0.1, -0.05) is 36.0 Å². The second-order valence-corrected chi connectivity index (χ2v) is 7.58. The molecule has 2 heterocycles. The van der Waals surface area contributed by atoms with Gasteiger partial charge in [-0.25, -0.2) is 0 Å². The molecule has 1 aliphatic rings. The van der Waals surface area contributed by atoms with Crippen molar-refractivity contribution in [2.24, 2.45) is 13.0 Å². The topological polar surface area (TPSA) is 63.1 Å². The lowest BCUT2D eigenvalue weighted by atomic mass is 10.1. The normalized spacial score (nSPS) is 17.8. The maximum absolute atomic E-state index is 12.0. The molecule has 0 saturated carbocycles. The number of benzene rings is 1. The van der Waals surface area contributed by atoms with Gasteiger partial charge in [0.15, 0.2) is 5.16 Å². The molecule has 0 spiro atoms. The van der Waals surface area contributed by atoms with Gasteiger partial charge in [-0.05, 0) is 36.9 Å². The lowest BCUT2D eigenvalue weighted by Crippen LogP contribution is -2.32. The SMILES string of the molecule is Cc1ccccc1CN1CC[C@@H](CNC(=O)CSc2nncn2C)C1. The summed E-state index contributed by atoms with van der Waals surface area (Å²) in [5.74, 6) is 0.977. The van der Waals surface area contributed by atoms with Gasteiger partial charge in [-0.15, -0.1) is 10.2 Å². The zero-order valence-corrected chi connectivity index (χ0v) is 15.6. The molecule has 1 saturated heterocycles. The number of carbonyl (C=O) groups excluding carboxylic acids is 1. The van der Waals surface area contributed by atoms with E-state index >= 15 is 0 Å².